The van der Waals surface area contributed by atoms with Crippen molar-refractivity contribution in [2.24, 2.45) is 17.1 Å². The number of alkyl halides is 1. The van der Waals surface area contributed by atoms with Crippen LogP contribution in [0.1, 0.15) is 20.3 Å². The molecular formula is C8H15FN2O. The first kappa shape index (κ1) is 9.29. The molecule has 0 spiro atoms. The molecule has 0 saturated carbocycles. The second kappa shape index (κ2) is 2.92. The minimum Gasteiger partial charge on any atom is -0.715 e. The lowest BCUT2D eigenvalue weighted by atomic mass is 9.77. The van der Waals surface area contributed by atoms with Gasteiger partial charge in [-0.25, -0.2) is 0 Å². The summed E-state index contributed by atoms with van der Waals surface area (Å²) in [6.07, 6.45) is 0.394. The molecule has 4 heteroatoms. The Morgan fingerprint density at radius 1 is 1.75 bits per heavy atom. The van der Waals surface area contributed by atoms with E-state index in [-0.39, 0.29) is 18.3 Å². The van der Waals surface area contributed by atoms with Gasteiger partial charge in [0.2, 0.25) is 5.84 Å². The molecule has 0 bridgehead atoms. The molecule has 1 aliphatic rings. The van der Waals surface area contributed by atoms with E-state index in [0.29, 0.717) is 11.2 Å². The van der Waals surface area contributed by atoms with Crippen molar-refractivity contribution in [2.75, 3.05) is 13.2 Å². The van der Waals surface area contributed by atoms with Crippen molar-refractivity contribution in [3.05, 3.63) is 5.21 Å². The van der Waals surface area contributed by atoms with Gasteiger partial charge in [0.15, 0.2) is 0 Å². The lowest BCUT2D eigenvalue weighted by molar-refractivity contribution is -0.465. The smallest absolute Gasteiger partial charge is 0.246 e. The molecule has 0 fully saturated rings. The molecule has 0 saturated heterocycles. The summed E-state index contributed by atoms with van der Waals surface area (Å²) in [5, 5.41) is 11.0. The fraction of sp³-hybridized carbons (Fsp3) is 0.875. The Kier molecular flexibility index (Phi) is 2.26. The van der Waals surface area contributed by atoms with E-state index in [4.69, 9.17) is 5.73 Å². The predicted octanol–water partition coefficient (Wildman–Crippen LogP) is 0.870. The highest BCUT2D eigenvalue weighted by Crippen LogP contribution is 2.35. The first-order valence-corrected chi connectivity index (χ1v) is 4.14. The normalized spacial score (nSPS) is 30.3. The van der Waals surface area contributed by atoms with E-state index in [0.717, 1.165) is 0 Å². The van der Waals surface area contributed by atoms with Gasteiger partial charge < -0.3 is 5.21 Å². The van der Waals surface area contributed by atoms with E-state index in [2.05, 4.69) is 0 Å². The SMILES string of the molecule is CC(C)C1(CF)CC(N)=[N+]([O-])C1. The van der Waals surface area contributed by atoms with Gasteiger partial charge in [0.25, 0.3) is 0 Å². The van der Waals surface area contributed by atoms with Gasteiger partial charge in [-0.2, -0.15) is 0 Å². The van der Waals surface area contributed by atoms with Gasteiger partial charge in [0.1, 0.15) is 0 Å². The Morgan fingerprint density at radius 3 is 2.50 bits per heavy atom. The van der Waals surface area contributed by atoms with E-state index in [1.165, 1.54) is 0 Å². The Balaban J connectivity index is 2.78. The quantitative estimate of drug-likeness (QED) is 0.499. The van der Waals surface area contributed by atoms with Gasteiger partial charge in [-0.1, -0.05) is 13.8 Å². The zero-order valence-electron chi connectivity index (χ0n) is 7.51. The summed E-state index contributed by atoms with van der Waals surface area (Å²) in [4.78, 5) is 0. The zero-order valence-corrected chi connectivity index (χ0v) is 7.51. The average molecular weight is 174 g/mol. The summed E-state index contributed by atoms with van der Waals surface area (Å²) < 4.78 is 13.4. The first-order chi connectivity index (χ1) is 5.52. The van der Waals surface area contributed by atoms with Crippen LogP contribution in [-0.4, -0.2) is 23.8 Å². The highest BCUT2D eigenvalue weighted by atomic mass is 19.1. The highest BCUT2D eigenvalue weighted by molar-refractivity contribution is 5.77. The summed E-state index contributed by atoms with van der Waals surface area (Å²) in [6, 6.07) is 0. The molecule has 70 valence electrons. The van der Waals surface area contributed by atoms with Crippen LogP contribution in [0.4, 0.5) is 4.39 Å². The van der Waals surface area contributed by atoms with Gasteiger partial charge in [0, 0.05) is 0 Å². The standard InChI is InChI=1S/C8H15FN2O/c1-6(2)8(4-9)3-7(10)11(12)5-8/h6H,3-5,10H2,1-2H3. The number of hydrogen-bond acceptors (Lipinski definition) is 2. The summed E-state index contributed by atoms with van der Waals surface area (Å²) in [5.74, 6) is 0.418. The molecule has 12 heavy (non-hydrogen) atoms. The topological polar surface area (TPSA) is 52.1 Å². The minimum absolute atomic E-state index is 0.153. The summed E-state index contributed by atoms with van der Waals surface area (Å²) in [5.41, 5.74) is 4.89. The second-order valence-corrected chi connectivity index (χ2v) is 3.86. The average Bonchev–Trinajstić information content (AvgIpc) is 2.29. The maximum absolute atomic E-state index is 12.7. The number of hydroxylamine groups is 1. The molecule has 0 aliphatic carbocycles. The molecule has 1 aliphatic heterocycles. The number of halogens is 1. The van der Waals surface area contributed by atoms with Crippen LogP contribution in [0.5, 0.6) is 0 Å². The number of rotatable bonds is 2. The van der Waals surface area contributed by atoms with E-state index in [9.17, 15) is 9.60 Å². The van der Waals surface area contributed by atoms with Crippen molar-refractivity contribution in [1.29, 1.82) is 0 Å². The molecule has 1 rings (SSSR count). The third-order valence-electron chi connectivity index (χ3n) is 2.80. The van der Waals surface area contributed by atoms with Crippen LogP contribution in [0.25, 0.3) is 0 Å². The molecule has 0 aromatic rings. The minimum atomic E-state index is -0.536. The zero-order chi connectivity index (χ0) is 9.35. The molecule has 0 amide bonds. The van der Waals surface area contributed by atoms with Crippen LogP contribution in [0.2, 0.25) is 0 Å². The third kappa shape index (κ3) is 1.26. The fourth-order valence-electron chi connectivity index (χ4n) is 1.52. The lowest BCUT2D eigenvalue weighted by Gasteiger charge is -2.28. The van der Waals surface area contributed by atoms with E-state index < -0.39 is 12.1 Å². The fourth-order valence-corrected chi connectivity index (χ4v) is 1.52. The van der Waals surface area contributed by atoms with Crippen molar-refractivity contribution < 1.29 is 9.13 Å². The molecule has 1 unspecified atom stereocenters. The first-order valence-electron chi connectivity index (χ1n) is 4.14. The van der Waals surface area contributed by atoms with Crippen LogP contribution in [0.15, 0.2) is 0 Å². The summed E-state index contributed by atoms with van der Waals surface area (Å²) in [6.45, 7) is 3.58. The van der Waals surface area contributed by atoms with Gasteiger partial charge >= 0.3 is 0 Å². The summed E-state index contributed by atoms with van der Waals surface area (Å²) >= 11 is 0. The highest BCUT2D eigenvalue weighted by Gasteiger charge is 2.43. The van der Waals surface area contributed by atoms with Crippen molar-refractivity contribution >= 4 is 5.84 Å². The van der Waals surface area contributed by atoms with Gasteiger partial charge in [-0.3, -0.25) is 14.9 Å². The molecule has 2 N–H and O–H groups in total. The third-order valence-corrected chi connectivity index (χ3v) is 2.80. The molecule has 1 atom stereocenters. The van der Waals surface area contributed by atoms with E-state index >= 15 is 0 Å². The Bertz CT molecular complexity index is 199. The Morgan fingerprint density at radius 2 is 2.33 bits per heavy atom. The van der Waals surface area contributed by atoms with Crippen molar-refractivity contribution in [3.63, 3.8) is 0 Å². The Hall–Kier alpha value is -0.800. The molecule has 0 radical (unpaired) electrons. The predicted molar refractivity (Wildman–Crippen MR) is 45.6 cm³/mol. The molecule has 1 heterocycles. The van der Waals surface area contributed by atoms with Crippen LogP contribution < -0.4 is 5.73 Å². The number of amidine groups is 1. The van der Waals surface area contributed by atoms with E-state index in [1.54, 1.807) is 0 Å². The number of nitrogens with zero attached hydrogens (tertiary/aromatic N) is 1. The second-order valence-electron chi connectivity index (χ2n) is 3.86. The number of hydrogen-bond donors (Lipinski definition) is 1. The maximum Gasteiger partial charge on any atom is 0.246 e. The molecule has 3 nitrogen and oxygen atoms in total. The monoisotopic (exact) mass is 174 g/mol. The van der Waals surface area contributed by atoms with Gasteiger partial charge in [-0.15, -0.1) is 0 Å². The van der Waals surface area contributed by atoms with Crippen molar-refractivity contribution in [3.8, 4) is 0 Å². The van der Waals surface area contributed by atoms with Crippen LogP contribution in [0, 0.1) is 16.5 Å². The van der Waals surface area contributed by atoms with Crippen LogP contribution in [-0.2, 0) is 0 Å². The Labute approximate surface area is 71.6 Å². The number of nitrogens with two attached hydrogens (primary N) is 1. The van der Waals surface area contributed by atoms with Gasteiger partial charge in [-0.05, 0) is 5.92 Å². The van der Waals surface area contributed by atoms with Gasteiger partial charge in [0.05, 0.1) is 25.1 Å². The molecular weight excluding hydrogens is 159 g/mol. The largest absolute Gasteiger partial charge is 0.715 e. The van der Waals surface area contributed by atoms with Crippen molar-refractivity contribution in [2.45, 2.75) is 20.3 Å². The van der Waals surface area contributed by atoms with Crippen LogP contribution >= 0.6 is 0 Å². The maximum atomic E-state index is 12.7. The molecule has 0 aromatic heterocycles. The lowest BCUT2D eigenvalue weighted by Crippen LogP contribution is -2.33. The van der Waals surface area contributed by atoms with Crippen LogP contribution in [0.3, 0.4) is 0 Å². The van der Waals surface area contributed by atoms with Crippen molar-refractivity contribution in [1.82, 2.24) is 0 Å². The summed E-state index contributed by atoms with van der Waals surface area (Å²) in [7, 11) is 0. The molecule has 0 aromatic carbocycles. The van der Waals surface area contributed by atoms with E-state index in [1.807, 2.05) is 13.8 Å².